The van der Waals surface area contributed by atoms with Gasteiger partial charge in [0.1, 0.15) is 33.5 Å². The quantitative estimate of drug-likeness (QED) is 0.132. The van der Waals surface area contributed by atoms with E-state index in [0.717, 1.165) is 211 Å². The number of hydrogen-bond donors (Lipinski definition) is 0. The Bertz CT molecular complexity index is 7230. The monoisotopic (exact) mass is 1420 g/mol. The lowest BCUT2D eigenvalue weighted by Gasteiger charge is -2.12. The van der Waals surface area contributed by atoms with Crippen molar-refractivity contribution >= 4 is 98.8 Å². The summed E-state index contributed by atoms with van der Waals surface area (Å²) < 4.78 is 18.8. The maximum Gasteiger partial charge on any atom is 0.143 e. The van der Waals surface area contributed by atoms with Crippen molar-refractivity contribution in [2.75, 3.05) is 0 Å². The Kier molecular flexibility index (Phi) is 16.7. The first-order valence-electron chi connectivity index (χ1n) is 37.1. The summed E-state index contributed by atoms with van der Waals surface area (Å²) in [6, 6.07) is 131. The fourth-order valence-corrected chi connectivity index (χ4v) is 15.3. The standard InChI is InChI=1S/C38H24N2O.2C32H20N2O/c1-3-10-27(11-4-1)36-37(28-12-5-2-6-13-28)40-34-24-29(22-23-33(34)39-36)25-18-20-26(21-19-25)30-15-9-16-32-31-14-7-8-17-35(31)41-38(30)32;1-2-9-22(10-3-1)30-31(34-28-15-6-5-14-27(28)33-30)23-19-17-21(18-20-23)24-12-8-13-26-25-11-4-7-16-29(25)35-32(24)26;1-2-8-23(9-3-1)31-27-13-7-19-33-29(27)20-28(34-31)22-17-15-21(16-18-22)24-11-6-12-26-25-10-4-5-14-30(25)35-32(24)26/h1-24H;2*1-20H. The van der Waals surface area contributed by atoms with E-state index < -0.39 is 0 Å². The summed E-state index contributed by atoms with van der Waals surface area (Å²) in [7, 11) is 0. The molecule has 0 fully saturated rings. The molecule has 0 atom stereocenters. The first-order chi connectivity index (χ1) is 55.0. The molecule has 0 aliphatic rings. The molecule has 9 nitrogen and oxygen atoms in total. The average Bonchev–Trinajstić information content (AvgIpc) is 1.62. The first kappa shape index (κ1) is 65.5. The van der Waals surface area contributed by atoms with Crippen LogP contribution in [0.25, 0.3) is 211 Å². The van der Waals surface area contributed by atoms with E-state index in [1.807, 2.05) is 158 Å². The van der Waals surface area contributed by atoms with Gasteiger partial charge < -0.3 is 13.3 Å². The summed E-state index contributed by atoms with van der Waals surface area (Å²) in [5.41, 5.74) is 30.5. The van der Waals surface area contributed by atoms with Crippen molar-refractivity contribution in [2.24, 2.45) is 0 Å². The van der Waals surface area contributed by atoms with Crippen molar-refractivity contribution in [1.82, 2.24) is 29.9 Å². The van der Waals surface area contributed by atoms with Crippen LogP contribution in [0, 0.1) is 0 Å². The number of fused-ring (bicyclic) bond motifs is 12. The summed E-state index contributed by atoms with van der Waals surface area (Å²) >= 11 is 0. The molecule has 7 aromatic heterocycles. The molecule has 0 aliphatic carbocycles. The molecule has 7 heterocycles. The van der Waals surface area contributed by atoms with Crippen LogP contribution in [-0.4, -0.2) is 29.9 Å². The van der Waals surface area contributed by atoms with E-state index in [2.05, 4.69) is 236 Å². The molecule has 0 saturated heterocycles. The molecule has 111 heavy (non-hydrogen) atoms. The SMILES string of the molecule is c1ccc(-c2nc(-c3ccc(-c4cccc5c4oc4ccccc45)cc3)cc3ncccc23)cc1.c1ccc(-c2nc3ccc(-c4ccc(-c5cccc6c5oc5ccccc56)cc4)cc3nc2-c2ccccc2)cc1.c1ccc(-c2nc3ccccc3nc2-c2ccc(-c3cccc4c3oc3ccccc34)cc2)cc1. The lowest BCUT2D eigenvalue weighted by atomic mass is 9.98. The van der Waals surface area contributed by atoms with Crippen LogP contribution in [0.2, 0.25) is 0 Å². The highest BCUT2D eigenvalue weighted by atomic mass is 16.3. The predicted molar refractivity (Wildman–Crippen MR) is 455 cm³/mol. The van der Waals surface area contributed by atoms with Gasteiger partial charge in [-0.3, -0.25) is 4.98 Å². The highest BCUT2D eigenvalue weighted by Gasteiger charge is 2.20. The maximum absolute atomic E-state index is 6.28. The fraction of sp³-hybridized carbons (Fsp3) is 0. The summed E-state index contributed by atoms with van der Waals surface area (Å²) in [4.78, 5) is 29.9. The maximum atomic E-state index is 6.28. The predicted octanol–water partition coefficient (Wildman–Crippen LogP) is 27.3. The lowest BCUT2D eigenvalue weighted by molar-refractivity contribution is 0.669. The second-order valence-electron chi connectivity index (χ2n) is 27.5. The number of hydrogen-bond acceptors (Lipinski definition) is 9. The summed E-state index contributed by atoms with van der Waals surface area (Å²) in [6.07, 6.45) is 1.83. The molecule has 22 rings (SSSR count). The second-order valence-corrected chi connectivity index (χ2v) is 27.5. The van der Waals surface area contributed by atoms with Crippen molar-refractivity contribution in [2.45, 2.75) is 0 Å². The Labute approximate surface area is 638 Å². The third-order valence-electron chi connectivity index (χ3n) is 20.7. The number of benzene rings is 15. The van der Waals surface area contributed by atoms with Crippen molar-refractivity contribution in [3.05, 3.63) is 388 Å². The molecule has 0 amide bonds. The van der Waals surface area contributed by atoms with E-state index in [1.165, 1.54) is 0 Å². The zero-order chi connectivity index (χ0) is 73.6. The summed E-state index contributed by atoms with van der Waals surface area (Å²) in [5, 5.41) is 7.88. The third-order valence-corrected chi connectivity index (χ3v) is 20.7. The molecule has 520 valence electrons. The molecule has 0 bridgehead atoms. The fourth-order valence-electron chi connectivity index (χ4n) is 15.3. The van der Waals surface area contributed by atoms with Crippen molar-refractivity contribution in [3.8, 4) is 112 Å². The molecule has 15 aromatic carbocycles. The van der Waals surface area contributed by atoms with E-state index in [-0.39, 0.29) is 0 Å². The van der Waals surface area contributed by atoms with Gasteiger partial charge in [0, 0.05) is 94.0 Å². The molecule has 0 N–H and O–H groups in total. The number of para-hydroxylation sites is 8. The summed E-state index contributed by atoms with van der Waals surface area (Å²) in [5.74, 6) is 0. The van der Waals surface area contributed by atoms with Crippen LogP contribution in [-0.2, 0) is 0 Å². The molecule has 9 heteroatoms. The van der Waals surface area contributed by atoms with E-state index in [0.29, 0.717) is 0 Å². The van der Waals surface area contributed by atoms with Crippen LogP contribution in [0.5, 0.6) is 0 Å². The molecule has 0 unspecified atom stereocenters. The minimum atomic E-state index is 0.872. The van der Waals surface area contributed by atoms with Crippen LogP contribution in [0.1, 0.15) is 0 Å². The Morgan fingerprint density at radius 3 is 0.919 bits per heavy atom. The van der Waals surface area contributed by atoms with Crippen LogP contribution >= 0.6 is 0 Å². The number of pyridine rings is 2. The Hall–Kier alpha value is -15.1. The number of nitrogens with zero attached hydrogens (tertiary/aromatic N) is 6. The Balaban J connectivity index is 0.000000109. The van der Waals surface area contributed by atoms with Gasteiger partial charge in [0.2, 0.25) is 0 Å². The van der Waals surface area contributed by atoms with E-state index in [9.17, 15) is 0 Å². The van der Waals surface area contributed by atoms with Crippen molar-refractivity contribution < 1.29 is 13.3 Å². The van der Waals surface area contributed by atoms with Gasteiger partial charge in [-0.1, -0.05) is 322 Å². The number of aromatic nitrogens is 6. The third kappa shape index (κ3) is 12.4. The van der Waals surface area contributed by atoms with Gasteiger partial charge in [0.05, 0.1) is 61.7 Å². The molecule has 0 radical (unpaired) electrons. The van der Waals surface area contributed by atoms with Gasteiger partial charge >= 0.3 is 0 Å². The van der Waals surface area contributed by atoms with Crippen LogP contribution in [0.3, 0.4) is 0 Å². The Morgan fingerprint density at radius 1 is 0.171 bits per heavy atom. The smallest absolute Gasteiger partial charge is 0.143 e. The van der Waals surface area contributed by atoms with Gasteiger partial charge in [-0.05, 0) is 88.5 Å². The Morgan fingerprint density at radius 2 is 0.486 bits per heavy atom. The van der Waals surface area contributed by atoms with Crippen LogP contribution in [0.4, 0.5) is 0 Å². The van der Waals surface area contributed by atoms with Crippen molar-refractivity contribution in [1.29, 1.82) is 0 Å². The average molecular weight is 1420 g/mol. The number of rotatable bonds is 10. The van der Waals surface area contributed by atoms with Crippen LogP contribution in [0.15, 0.2) is 402 Å². The molecular weight excluding hydrogens is 1360 g/mol. The van der Waals surface area contributed by atoms with Crippen LogP contribution < -0.4 is 0 Å². The van der Waals surface area contributed by atoms with Gasteiger partial charge in [-0.2, -0.15) is 0 Å². The molecule has 0 saturated carbocycles. The number of furan rings is 3. The van der Waals surface area contributed by atoms with Crippen molar-refractivity contribution in [3.63, 3.8) is 0 Å². The summed E-state index contributed by atoms with van der Waals surface area (Å²) in [6.45, 7) is 0. The highest BCUT2D eigenvalue weighted by Crippen LogP contribution is 2.42. The zero-order valence-corrected chi connectivity index (χ0v) is 59.9. The molecular formula is C102H64N6O3. The molecule has 0 spiro atoms. The van der Waals surface area contributed by atoms with Gasteiger partial charge in [0.25, 0.3) is 0 Å². The molecule has 22 aromatic rings. The van der Waals surface area contributed by atoms with E-state index in [4.69, 9.17) is 38.2 Å². The topological polar surface area (TPSA) is 117 Å². The molecule has 0 aliphatic heterocycles. The van der Waals surface area contributed by atoms with Gasteiger partial charge in [0.15, 0.2) is 0 Å². The normalized spacial score (nSPS) is 11.4. The zero-order valence-electron chi connectivity index (χ0n) is 59.9. The second kappa shape index (κ2) is 28.3. The van der Waals surface area contributed by atoms with E-state index in [1.54, 1.807) is 0 Å². The lowest BCUT2D eigenvalue weighted by Crippen LogP contribution is -1.95. The minimum Gasteiger partial charge on any atom is -0.455 e. The first-order valence-corrected chi connectivity index (χ1v) is 37.1. The largest absolute Gasteiger partial charge is 0.455 e. The van der Waals surface area contributed by atoms with Gasteiger partial charge in [-0.25, -0.2) is 24.9 Å². The highest BCUT2D eigenvalue weighted by molar-refractivity contribution is 6.12. The minimum absolute atomic E-state index is 0.872. The van der Waals surface area contributed by atoms with E-state index >= 15 is 0 Å². The van der Waals surface area contributed by atoms with Gasteiger partial charge in [-0.15, -0.1) is 0 Å².